The van der Waals surface area contributed by atoms with E-state index in [4.69, 9.17) is 4.99 Å². The molecule has 1 amide bonds. The normalized spacial score (nSPS) is 13.9. The molecule has 0 bridgehead atoms. The molecule has 1 aliphatic heterocycles. The topological polar surface area (TPSA) is 65.8 Å². The largest absolute Gasteiger partial charge is 0.357 e. The third-order valence-corrected chi connectivity index (χ3v) is 5.17. The Balaban J connectivity index is 1.47. The van der Waals surface area contributed by atoms with Crippen LogP contribution < -0.4 is 5.32 Å². The second kappa shape index (κ2) is 10.1. The highest BCUT2D eigenvalue weighted by Crippen LogP contribution is 2.19. The first-order chi connectivity index (χ1) is 14.1. The molecule has 0 fully saturated rings. The Labute approximate surface area is 173 Å². The predicted molar refractivity (Wildman–Crippen MR) is 115 cm³/mol. The number of guanidine groups is 1. The summed E-state index contributed by atoms with van der Waals surface area (Å²) in [6.45, 7) is 5.79. The third kappa shape index (κ3) is 5.82. The van der Waals surface area contributed by atoms with Crippen molar-refractivity contribution in [1.82, 2.24) is 24.9 Å². The van der Waals surface area contributed by atoms with Crippen LogP contribution in [0, 0.1) is 0 Å². The van der Waals surface area contributed by atoms with E-state index in [-0.39, 0.29) is 5.91 Å². The second-order valence-electron chi connectivity index (χ2n) is 7.55. The molecule has 1 aromatic heterocycles. The van der Waals surface area contributed by atoms with Gasteiger partial charge in [-0.25, -0.2) is 0 Å². The minimum atomic E-state index is 0.225. The Morgan fingerprint density at radius 2 is 2.10 bits per heavy atom. The van der Waals surface area contributed by atoms with Crippen molar-refractivity contribution in [2.75, 3.05) is 26.7 Å². The number of benzene rings is 1. The number of nitrogens with one attached hydrogen (secondary N) is 1. The van der Waals surface area contributed by atoms with Crippen molar-refractivity contribution in [3.63, 3.8) is 0 Å². The van der Waals surface area contributed by atoms with Crippen LogP contribution in [0.4, 0.5) is 0 Å². The first-order valence-electron chi connectivity index (χ1n) is 10.4. The fourth-order valence-electron chi connectivity index (χ4n) is 3.65. The Morgan fingerprint density at radius 3 is 2.83 bits per heavy atom. The highest BCUT2D eigenvalue weighted by atomic mass is 16.2. The van der Waals surface area contributed by atoms with Crippen LogP contribution in [0.2, 0.25) is 0 Å². The van der Waals surface area contributed by atoms with Gasteiger partial charge in [-0.05, 0) is 30.9 Å². The van der Waals surface area contributed by atoms with E-state index >= 15 is 0 Å². The summed E-state index contributed by atoms with van der Waals surface area (Å²) in [5.74, 6) is 1.08. The number of aromatic nitrogens is 2. The van der Waals surface area contributed by atoms with E-state index in [9.17, 15) is 4.79 Å². The van der Waals surface area contributed by atoms with Gasteiger partial charge in [-0.1, -0.05) is 24.3 Å². The lowest BCUT2D eigenvalue weighted by atomic mass is 9.99. The van der Waals surface area contributed by atoms with Crippen molar-refractivity contribution in [3.8, 4) is 0 Å². The first kappa shape index (κ1) is 20.9. The van der Waals surface area contributed by atoms with Crippen molar-refractivity contribution in [3.05, 3.63) is 53.3 Å². The maximum absolute atomic E-state index is 12.6. The highest BCUT2D eigenvalue weighted by Gasteiger charge is 2.19. The van der Waals surface area contributed by atoms with Gasteiger partial charge in [0.1, 0.15) is 0 Å². The van der Waals surface area contributed by atoms with E-state index in [0.29, 0.717) is 13.0 Å². The lowest BCUT2D eigenvalue weighted by Gasteiger charge is -2.29. The molecule has 1 aromatic carbocycles. The number of rotatable bonds is 7. The molecule has 29 heavy (non-hydrogen) atoms. The highest BCUT2D eigenvalue weighted by molar-refractivity contribution is 5.80. The van der Waals surface area contributed by atoms with Crippen molar-refractivity contribution in [2.45, 2.75) is 39.3 Å². The number of carbonyl (C=O) groups is 1. The summed E-state index contributed by atoms with van der Waals surface area (Å²) in [6, 6.07) is 8.41. The number of nitrogens with zero attached hydrogens (tertiary/aromatic N) is 5. The van der Waals surface area contributed by atoms with Gasteiger partial charge in [0.15, 0.2) is 5.96 Å². The molecule has 1 N–H and O–H groups in total. The Hall–Kier alpha value is -2.83. The van der Waals surface area contributed by atoms with Gasteiger partial charge < -0.3 is 15.1 Å². The summed E-state index contributed by atoms with van der Waals surface area (Å²) in [5.41, 5.74) is 3.78. The van der Waals surface area contributed by atoms with Crippen LogP contribution in [0.5, 0.6) is 0 Å². The number of hydrogen-bond donors (Lipinski definition) is 1. The minimum absolute atomic E-state index is 0.225. The van der Waals surface area contributed by atoms with E-state index < -0.39 is 0 Å². The molecule has 0 saturated carbocycles. The zero-order valence-corrected chi connectivity index (χ0v) is 17.8. The van der Waals surface area contributed by atoms with Crippen molar-refractivity contribution >= 4 is 11.9 Å². The van der Waals surface area contributed by atoms with Gasteiger partial charge in [-0.3, -0.25) is 14.5 Å². The fourth-order valence-corrected chi connectivity index (χ4v) is 3.65. The lowest BCUT2D eigenvalue weighted by molar-refractivity contribution is -0.132. The maximum atomic E-state index is 12.6. The van der Waals surface area contributed by atoms with Gasteiger partial charge in [0.05, 0.1) is 6.20 Å². The van der Waals surface area contributed by atoms with Gasteiger partial charge in [0.25, 0.3) is 0 Å². The standard InChI is InChI=1S/C22H32N6O/c1-4-23-22(26(2)15-18-14-25-27(3)16-18)24-12-7-10-21(29)28-13-11-19-8-5-6-9-20(19)17-28/h5-6,8-9,14,16H,4,7,10-13,15,17H2,1-3H3,(H,23,24). The zero-order chi connectivity index (χ0) is 20.6. The zero-order valence-electron chi connectivity index (χ0n) is 17.8. The summed E-state index contributed by atoms with van der Waals surface area (Å²) in [5, 5.41) is 7.54. The summed E-state index contributed by atoms with van der Waals surface area (Å²) >= 11 is 0. The van der Waals surface area contributed by atoms with Crippen molar-refractivity contribution < 1.29 is 4.79 Å². The smallest absolute Gasteiger partial charge is 0.222 e. The fraction of sp³-hybridized carbons (Fsp3) is 0.500. The second-order valence-corrected chi connectivity index (χ2v) is 7.55. The molecule has 2 aromatic rings. The summed E-state index contributed by atoms with van der Waals surface area (Å²) in [6.07, 6.45) is 6.12. The van der Waals surface area contributed by atoms with Crippen molar-refractivity contribution in [2.24, 2.45) is 12.0 Å². The number of aliphatic imine (C=N–C) groups is 1. The molecule has 7 heteroatoms. The van der Waals surface area contributed by atoms with Gasteiger partial charge in [-0.2, -0.15) is 5.10 Å². The Morgan fingerprint density at radius 1 is 1.31 bits per heavy atom. The molecule has 3 rings (SSSR count). The van der Waals surface area contributed by atoms with Crippen molar-refractivity contribution in [1.29, 1.82) is 0 Å². The number of carbonyl (C=O) groups excluding carboxylic acids is 1. The van der Waals surface area contributed by atoms with Crippen LogP contribution in [0.15, 0.2) is 41.7 Å². The molecule has 0 saturated heterocycles. The van der Waals surface area contributed by atoms with E-state index in [1.807, 2.05) is 37.5 Å². The molecule has 0 spiro atoms. The average molecular weight is 397 g/mol. The molecular formula is C22H32N6O. The molecule has 0 unspecified atom stereocenters. The van der Waals surface area contributed by atoms with Crippen LogP contribution in [0.3, 0.4) is 0 Å². The van der Waals surface area contributed by atoms with Crippen LogP contribution in [-0.4, -0.2) is 58.1 Å². The molecule has 0 aliphatic carbocycles. The number of aryl methyl sites for hydroxylation is 1. The number of fused-ring (bicyclic) bond motifs is 1. The number of hydrogen-bond acceptors (Lipinski definition) is 3. The monoisotopic (exact) mass is 396 g/mol. The van der Waals surface area contributed by atoms with Gasteiger partial charge >= 0.3 is 0 Å². The first-order valence-corrected chi connectivity index (χ1v) is 10.4. The average Bonchev–Trinajstić information content (AvgIpc) is 3.14. The molecule has 2 heterocycles. The summed E-state index contributed by atoms with van der Waals surface area (Å²) in [4.78, 5) is 21.4. The SMILES string of the molecule is CCNC(=NCCCC(=O)N1CCc2ccccc2C1)N(C)Cc1cnn(C)c1. The number of amides is 1. The van der Waals surface area contributed by atoms with Crippen LogP contribution >= 0.6 is 0 Å². The van der Waals surface area contributed by atoms with Gasteiger partial charge in [0, 0.05) is 65.0 Å². The van der Waals surface area contributed by atoms with E-state index in [0.717, 1.165) is 50.5 Å². The van der Waals surface area contributed by atoms with Crippen LogP contribution in [0.1, 0.15) is 36.5 Å². The third-order valence-electron chi connectivity index (χ3n) is 5.17. The molecule has 7 nitrogen and oxygen atoms in total. The lowest BCUT2D eigenvalue weighted by Crippen LogP contribution is -2.38. The molecule has 0 radical (unpaired) electrons. The quantitative estimate of drug-likeness (QED) is 0.443. The van der Waals surface area contributed by atoms with Gasteiger partial charge in [0.2, 0.25) is 5.91 Å². The predicted octanol–water partition coefficient (Wildman–Crippen LogP) is 2.18. The molecular weight excluding hydrogens is 364 g/mol. The van der Waals surface area contributed by atoms with Crippen LogP contribution in [0.25, 0.3) is 0 Å². The molecule has 156 valence electrons. The summed E-state index contributed by atoms with van der Waals surface area (Å²) < 4.78 is 1.80. The van der Waals surface area contributed by atoms with Gasteiger partial charge in [-0.15, -0.1) is 0 Å². The van der Waals surface area contributed by atoms with Crippen LogP contribution in [-0.2, 0) is 31.4 Å². The Kier molecular flexibility index (Phi) is 7.27. The minimum Gasteiger partial charge on any atom is -0.357 e. The van der Waals surface area contributed by atoms with E-state index in [2.05, 4.69) is 40.4 Å². The summed E-state index contributed by atoms with van der Waals surface area (Å²) in [7, 11) is 3.94. The maximum Gasteiger partial charge on any atom is 0.222 e. The van der Waals surface area contributed by atoms with E-state index in [1.165, 1.54) is 11.1 Å². The molecule has 0 atom stereocenters. The van der Waals surface area contributed by atoms with E-state index in [1.54, 1.807) is 4.68 Å². The molecule has 1 aliphatic rings. The Bertz CT molecular complexity index is 843.